The zero-order chi connectivity index (χ0) is 13.5. The van der Waals surface area contributed by atoms with Gasteiger partial charge in [0.15, 0.2) is 0 Å². The van der Waals surface area contributed by atoms with Crippen molar-refractivity contribution in [2.24, 2.45) is 0 Å². The Morgan fingerprint density at radius 2 is 2.17 bits per heavy atom. The summed E-state index contributed by atoms with van der Waals surface area (Å²) in [5.41, 5.74) is 0.435. The van der Waals surface area contributed by atoms with Gasteiger partial charge in [0, 0.05) is 12.6 Å². The van der Waals surface area contributed by atoms with E-state index < -0.39 is 17.8 Å². The predicted molar refractivity (Wildman–Crippen MR) is 65.8 cm³/mol. The molecule has 0 aliphatic rings. The molecule has 0 saturated carbocycles. The van der Waals surface area contributed by atoms with Crippen molar-refractivity contribution in [1.29, 1.82) is 0 Å². The van der Waals surface area contributed by atoms with Crippen LogP contribution in [0.4, 0.5) is 14.9 Å². The van der Waals surface area contributed by atoms with E-state index in [9.17, 15) is 14.0 Å². The van der Waals surface area contributed by atoms with Gasteiger partial charge >= 0.3 is 12.0 Å². The summed E-state index contributed by atoms with van der Waals surface area (Å²) in [7, 11) is 0. The first-order valence-corrected chi connectivity index (χ1v) is 5.28. The third kappa shape index (κ3) is 4.25. The lowest BCUT2D eigenvalue weighted by molar-refractivity contribution is -0.131. The highest BCUT2D eigenvalue weighted by Gasteiger charge is 2.06. The fourth-order valence-electron chi connectivity index (χ4n) is 1.23. The average molecular weight is 252 g/mol. The molecule has 0 atom stereocenters. The molecule has 0 fully saturated rings. The van der Waals surface area contributed by atoms with Crippen LogP contribution in [0.15, 0.2) is 24.3 Å². The maximum absolute atomic E-state index is 13.6. The normalized spacial score (nSPS) is 10.3. The van der Waals surface area contributed by atoms with Gasteiger partial charge in [0.25, 0.3) is 0 Å². The Morgan fingerprint density at radius 1 is 1.44 bits per heavy atom. The van der Waals surface area contributed by atoms with Crippen LogP contribution in [0.2, 0.25) is 0 Å². The molecule has 1 aromatic carbocycles. The largest absolute Gasteiger partial charge is 0.478 e. The Hall–Kier alpha value is -2.37. The highest BCUT2D eigenvalue weighted by atomic mass is 19.1. The number of aliphatic carboxylic acids is 1. The molecular formula is C12H13FN2O3. The van der Waals surface area contributed by atoms with Crippen molar-refractivity contribution in [2.75, 3.05) is 11.9 Å². The lowest BCUT2D eigenvalue weighted by atomic mass is 10.2. The van der Waals surface area contributed by atoms with E-state index >= 15 is 0 Å². The summed E-state index contributed by atoms with van der Waals surface area (Å²) in [5, 5.41) is 13.2. The van der Waals surface area contributed by atoms with Crippen LogP contribution >= 0.6 is 0 Å². The number of amides is 2. The minimum atomic E-state index is -1.11. The van der Waals surface area contributed by atoms with Gasteiger partial charge in [-0.2, -0.15) is 0 Å². The van der Waals surface area contributed by atoms with Crippen molar-refractivity contribution < 1.29 is 19.1 Å². The smallest absolute Gasteiger partial charge is 0.328 e. The molecular weight excluding hydrogens is 239 g/mol. The third-order valence-electron chi connectivity index (χ3n) is 2.00. The number of hydrogen-bond donors (Lipinski definition) is 3. The molecule has 1 rings (SSSR count). The Balaban J connectivity index is 2.79. The quantitative estimate of drug-likeness (QED) is 0.718. The molecule has 0 radical (unpaired) electrons. The van der Waals surface area contributed by atoms with Gasteiger partial charge < -0.3 is 15.7 Å². The second-order valence-corrected chi connectivity index (χ2v) is 3.40. The Bertz CT molecular complexity index is 486. The van der Waals surface area contributed by atoms with Crippen molar-refractivity contribution in [2.45, 2.75) is 6.92 Å². The maximum Gasteiger partial charge on any atom is 0.328 e. The van der Waals surface area contributed by atoms with Crippen LogP contribution < -0.4 is 10.6 Å². The van der Waals surface area contributed by atoms with Gasteiger partial charge in [-0.05, 0) is 30.7 Å². The molecule has 0 spiro atoms. The topological polar surface area (TPSA) is 78.4 Å². The van der Waals surface area contributed by atoms with Crippen LogP contribution in [0.1, 0.15) is 12.5 Å². The van der Waals surface area contributed by atoms with Crippen LogP contribution in [0.3, 0.4) is 0 Å². The minimum Gasteiger partial charge on any atom is -0.478 e. The summed E-state index contributed by atoms with van der Waals surface area (Å²) in [6.45, 7) is 2.18. The van der Waals surface area contributed by atoms with Crippen molar-refractivity contribution in [3.63, 3.8) is 0 Å². The molecule has 0 bridgehead atoms. The second-order valence-electron chi connectivity index (χ2n) is 3.40. The van der Waals surface area contributed by atoms with Crippen LogP contribution in [0.25, 0.3) is 6.08 Å². The molecule has 1 aromatic rings. The number of halogens is 1. The predicted octanol–water partition coefficient (Wildman–Crippen LogP) is 2.06. The van der Waals surface area contributed by atoms with Gasteiger partial charge in [-0.25, -0.2) is 14.0 Å². The van der Waals surface area contributed by atoms with Crippen molar-refractivity contribution in [3.05, 3.63) is 35.7 Å². The zero-order valence-electron chi connectivity index (χ0n) is 9.74. The van der Waals surface area contributed by atoms with E-state index in [1.165, 1.54) is 18.2 Å². The van der Waals surface area contributed by atoms with Gasteiger partial charge in [-0.3, -0.25) is 0 Å². The zero-order valence-corrected chi connectivity index (χ0v) is 9.74. The SMILES string of the molecule is CCNC(=O)Nc1ccc(C=CC(=O)O)cc1F. The molecule has 0 heterocycles. The summed E-state index contributed by atoms with van der Waals surface area (Å²) in [5.74, 6) is -1.74. The van der Waals surface area contributed by atoms with E-state index in [-0.39, 0.29) is 5.69 Å². The molecule has 6 heteroatoms. The lowest BCUT2D eigenvalue weighted by Gasteiger charge is -2.07. The number of carboxylic acid groups (broad SMARTS) is 1. The van der Waals surface area contributed by atoms with Crippen molar-refractivity contribution in [3.8, 4) is 0 Å². The fraction of sp³-hybridized carbons (Fsp3) is 0.167. The molecule has 0 unspecified atom stereocenters. The van der Waals surface area contributed by atoms with Crippen LogP contribution in [0, 0.1) is 5.82 Å². The number of anilines is 1. The van der Waals surface area contributed by atoms with Crippen molar-refractivity contribution >= 4 is 23.8 Å². The summed E-state index contributed by atoms with van der Waals surface area (Å²) in [4.78, 5) is 21.5. The van der Waals surface area contributed by atoms with E-state index in [0.717, 1.165) is 12.1 Å². The average Bonchev–Trinajstić information content (AvgIpc) is 2.30. The molecule has 18 heavy (non-hydrogen) atoms. The standard InChI is InChI=1S/C12H13FN2O3/c1-2-14-12(18)15-10-5-3-8(7-9(10)13)4-6-11(16)17/h3-7H,2H2,1H3,(H,16,17)(H2,14,15,18). The number of benzene rings is 1. The number of hydrogen-bond acceptors (Lipinski definition) is 2. The molecule has 0 aromatic heterocycles. The molecule has 3 N–H and O–H groups in total. The van der Waals surface area contributed by atoms with Crippen LogP contribution in [-0.4, -0.2) is 23.7 Å². The van der Waals surface area contributed by atoms with E-state index in [1.807, 2.05) is 0 Å². The number of carbonyl (C=O) groups is 2. The van der Waals surface area contributed by atoms with Crippen molar-refractivity contribution in [1.82, 2.24) is 5.32 Å². The van der Waals surface area contributed by atoms with E-state index in [2.05, 4.69) is 10.6 Å². The number of nitrogens with one attached hydrogen (secondary N) is 2. The first kappa shape index (κ1) is 13.7. The molecule has 96 valence electrons. The number of urea groups is 1. The van der Waals surface area contributed by atoms with E-state index in [0.29, 0.717) is 12.1 Å². The van der Waals surface area contributed by atoms with Gasteiger partial charge in [0.1, 0.15) is 5.82 Å². The monoisotopic (exact) mass is 252 g/mol. The maximum atomic E-state index is 13.6. The first-order valence-electron chi connectivity index (χ1n) is 5.28. The highest BCUT2D eigenvalue weighted by molar-refractivity contribution is 5.89. The van der Waals surface area contributed by atoms with Gasteiger partial charge in [0.05, 0.1) is 5.69 Å². The van der Waals surface area contributed by atoms with Gasteiger partial charge in [0.2, 0.25) is 0 Å². The molecule has 5 nitrogen and oxygen atoms in total. The number of carboxylic acids is 1. The van der Waals surface area contributed by atoms with E-state index in [4.69, 9.17) is 5.11 Å². The van der Waals surface area contributed by atoms with Crippen LogP contribution in [0.5, 0.6) is 0 Å². The molecule has 0 saturated heterocycles. The van der Waals surface area contributed by atoms with Crippen LogP contribution in [-0.2, 0) is 4.79 Å². The van der Waals surface area contributed by atoms with Gasteiger partial charge in [-0.1, -0.05) is 6.07 Å². The van der Waals surface area contributed by atoms with Gasteiger partial charge in [-0.15, -0.1) is 0 Å². The summed E-state index contributed by atoms with van der Waals surface area (Å²) >= 11 is 0. The minimum absolute atomic E-state index is 0.0356. The Morgan fingerprint density at radius 3 is 2.72 bits per heavy atom. The fourth-order valence-corrected chi connectivity index (χ4v) is 1.23. The number of carbonyl (C=O) groups excluding carboxylic acids is 1. The first-order chi connectivity index (χ1) is 8.52. The molecule has 0 aliphatic heterocycles. The third-order valence-corrected chi connectivity index (χ3v) is 2.00. The summed E-state index contributed by atoms with van der Waals surface area (Å²) in [6, 6.07) is 3.52. The molecule has 0 aliphatic carbocycles. The second kappa shape index (κ2) is 6.39. The van der Waals surface area contributed by atoms with E-state index in [1.54, 1.807) is 6.92 Å². The Kier molecular flexibility index (Phi) is 4.86. The summed E-state index contributed by atoms with van der Waals surface area (Å²) in [6.07, 6.45) is 2.17. The number of rotatable bonds is 4. The molecule has 2 amide bonds. The lowest BCUT2D eigenvalue weighted by Crippen LogP contribution is -2.28. The Labute approximate surface area is 103 Å². The summed E-state index contributed by atoms with van der Waals surface area (Å²) < 4.78 is 13.6. The highest BCUT2D eigenvalue weighted by Crippen LogP contribution is 2.16.